The molecule has 1 nitrogen and oxygen atoms in total. The molecular formula is C47H86O. The van der Waals surface area contributed by atoms with Crippen LogP contribution in [0.25, 0.3) is 0 Å². The van der Waals surface area contributed by atoms with Gasteiger partial charge in [-0.15, -0.1) is 0 Å². The van der Waals surface area contributed by atoms with Crippen molar-refractivity contribution in [3.63, 3.8) is 0 Å². The second kappa shape index (κ2) is 36.8. The first-order valence-corrected chi connectivity index (χ1v) is 21.4. The topological polar surface area (TPSA) is 9.23 Å². The minimum Gasteiger partial charge on any atom is -0.501 e. The van der Waals surface area contributed by atoms with Crippen molar-refractivity contribution in [2.45, 2.75) is 215 Å². The molecule has 0 amide bonds. The summed E-state index contributed by atoms with van der Waals surface area (Å²) in [5.41, 5.74) is 0.233. The first-order chi connectivity index (χ1) is 23.5. The lowest BCUT2D eigenvalue weighted by atomic mass is 9.77. The highest BCUT2D eigenvalue weighted by Gasteiger charge is 2.22. The zero-order valence-electron chi connectivity index (χ0n) is 33.6. The van der Waals surface area contributed by atoms with E-state index < -0.39 is 0 Å². The van der Waals surface area contributed by atoms with Crippen molar-refractivity contribution < 1.29 is 4.74 Å². The third-order valence-corrected chi connectivity index (χ3v) is 10.6. The highest BCUT2D eigenvalue weighted by Crippen LogP contribution is 2.32. The Morgan fingerprint density at radius 3 is 1.23 bits per heavy atom. The third kappa shape index (κ3) is 31.7. The largest absolute Gasteiger partial charge is 0.501 e. The van der Waals surface area contributed by atoms with E-state index in [1.165, 1.54) is 154 Å². The number of hydrogen-bond donors (Lipinski definition) is 0. The zero-order valence-corrected chi connectivity index (χ0v) is 33.6. The van der Waals surface area contributed by atoms with Gasteiger partial charge in [-0.2, -0.15) is 0 Å². The maximum atomic E-state index is 6.20. The van der Waals surface area contributed by atoms with Gasteiger partial charge in [0.1, 0.15) is 0 Å². The molecule has 0 aliphatic carbocycles. The first-order valence-electron chi connectivity index (χ1n) is 21.4. The van der Waals surface area contributed by atoms with Gasteiger partial charge in [-0.1, -0.05) is 180 Å². The smallest absolute Gasteiger partial charge is 0.0901 e. The van der Waals surface area contributed by atoms with Gasteiger partial charge >= 0.3 is 0 Å². The molecule has 1 heteroatoms. The van der Waals surface area contributed by atoms with Crippen molar-refractivity contribution in [2.24, 2.45) is 17.3 Å². The van der Waals surface area contributed by atoms with E-state index in [2.05, 4.69) is 96.2 Å². The van der Waals surface area contributed by atoms with E-state index in [1.54, 1.807) is 0 Å². The molecule has 280 valence electrons. The molecule has 0 heterocycles. The van der Waals surface area contributed by atoms with E-state index in [0.717, 1.165) is 25.9 Å². The molecule has 0 aromatic carbocycles. The molecule has 0 aliphatic heterocycles. The Bertz CT molecular complexity index is 735. The van der Waals surface area contributed by atoms with Gasteiger partial charge in [0.25, 0.3) is 0 Å². The van der Waals surface area contributed by atoms with E-state index in [9.17, 15) is 0 Å². The Balaban J connectivity index is 4.18. The van der Waals surface area contributed by atoms with Gasteiger partial charge in [0.15, 0.2) is 0 Å². The number of unbranched alkanes of at least 4 members (excludes halogenated alkanes) is 18. The van der Waals surface area contributed by atoms with Gasteiger partial charge in [0.2, 0.25) is 0 Å². The summed E-state index contributed by atoms with van der Waals surface area (Å²) < 4.78 is 6.20. The van der Waals surface area contributed by atoms with Gasteiger partial charge in [0, 0.05) is 0 Å². The summed E-state index contributed by atoms with van der Waals surface area (Å²) in [5, 5.41) is 0. The molecule has 48 heavy (non-hydrogen) atoms. The number of allylic oxidation sites excluding steroid dienone is 9. The summed E-state index contributed by atoms with van der Waals surface area (Å²) in [7, 11) is 0. The summed E-state index contributed by atoms with van der Waals surface area (Å²) >= 11 is 0. The van der Waals surface area contributed by atoms with Crippen molar-refractivity contribution in [2.75, 3.05) is 6.61 Å². The van der Waals surface area contributed by atoms with Crippen LogP contribution in [0.1, 0.15) is 215 Å². The van der Waals surface area contributed by atoms with Crippen molar-refractivity contribution in [1.82, 2.24) is 0 Å². The summed E-state index contributed by atoms with van der Waals surface area (Å²) in [6, 6.07) is 0. The van der Waals surface area contributed by atoms with Crippen molar-refractivity contribution in [3.8, 4) is 0 Å². The van der Waals surface area contributed by atoms with Crippen LogP contribution < -0.4 is 0 Å². The second-order valence-corrected chi connectivity index (χ2v) is 15.3. The molecule has 1 atom stereocenters. The minimum absolute atomic E-state index is 0.233. The summed E-state index contributed by atoms with van der Waals surface area (Å²) in [4.78, 5) is 0. The molecule has 0 aromatic rings. The van der Waals surface area contributed by atoms with Crippen LogP contribution >= 0.6 is 0 Å². The average molecular weight is 667 g/mol. The van der Waals surface area contributed by atoms with E-state index in [0.29, 0.717) is 11.8 Å². The van der Waals surface area contributed by atoms with E-state index >= 15 is 0 Å². The average Bonchev–Trinajstić information content (AvgIpc) is 3.09. The number of rotatable bonds is 36. The molecule has 0 aromatic heterocycles. The SMILES string of the molecule is CCCCC/C=C\C/C=C\CCCCCCCCC(CCCCCCCC/C=C\C/C=C\CCCCC)CO/C=C/C(C)(CC)C(C)C. The molecule has 0 radical (unpaired) electrons. The van der Waals surface area contributed by atoms with Gasteiger partial charge in [0.05, 0.1) is 12.9 Å². The quantitative estimate of drug-likeness (QED) is 0.0367. The Kier molecular flexibility index (Phi) is 35.6. The lowest BCUT2D eigenvalue weighted by Crippen LogP contribution is -2.19. The monoisotopic (exact) mass is 667 g/mol. The Morgan fingerprint density at radius 2 is 0.854 bits per heavy atom. The fourth-order valence-electron chi connectivity index (χ4n) is 6.27. The Hall–Kier alpha value is -1.50. The van der Waals surface area contributed by atoms with Crippen LogP contribution in [-0.4, -0.2) is 6.61 Å². The minimum atomic E-state index is 0.233. The molecule has 0 bridgehead atoms. The van der Waals surface area contributed by atoms with Crippen LogP contribution in [0.3, 0.4) is 0 Å². The molecule has 0 rings (SSSR count). The van der Waals surface area contributed by atoms with Crippen molar-refractivity contribution >= 4 is 0 Å². The van der Waals surface area contributed by atoms with Crippen LogP contribution in [0.5, 0.6) is 0 Å². The Morgan fingerprint density at radius 1 is 0.479 bits per heavy atom. The second-order valence-electron chi connectivity index (χ2n) is 15.3. The lowest BCUT2D eigenvalue weighted by Gasteiger charge is -2.28. The van der Waals surface area contributed by atoms with E-state index in [-0.39, 0.29) is 5.41 Å². The predicted molar refractivity (Wildman–Crippen MR) is 220 cm³/mol. The highest BCUT2D eigenvalue weighted by molar-refractivity contribution is 4.96. The predicted octanol–water partition coefficient (Wildman–Crippen LogP) is 16.6. The Labute approximate surface area is 303 Å². The molecule has 0 N–H and O–H groups in total. The molecule has 0 spiro atoms. The van der Waals surface area contributed by atoms with Crippen LogP contribution in [-0.2, 0) is 4.74 Å². The van der Waals surface area contributed by atoms with Crippen LogP contribution in [0.4, 0.5) is 0 Å². The van der Waals surface area contributed by atoms with Gasteiger partial charge in [-0.3, -0.25) is 0 Å². The first kappa shape index (κ1) is 46.5. The van der Waals surface area contributed by atoms with Crippen molar-refractivity contribution in [1.29, 1.82) is 0 Å². The van der Waals surface area contributed by atoms with Gasteiger partial charge in [-0.25, -0.2) is 0 Å². The number of hydrogen-bond acceptors (Lipinski definition) is 1. The fourth-order valence-corrected chi connectivity index (χ4v) is 6.27. The maximum absolute atomic E-state index is 6.20. The molecule has 0 saturated carbocycles. The normalized spacial score (nSPS) is 14.0. The standard InChI is InChI=1S/C47H86O/c1-7-10-12-14-16-18-20-22-24-26-28-30-32-34-36-38-40-46(44-48-43-42-47(6,9-3)45(4)5)41-39-37-35-33-31-29-27-25-23-21-19-17-15-13-11-8-2/h16-19,22-25,42-43,45-46H,7-15,20-21,26-41,44H2,1-6H3/b18-16-,19-17-,24-22-,25-23-,43-42+. The van der Waals surface area contributed by atoms with E-state index in [4.69, 9.17) is 4.74 Å². The molecular weight excluding hydrogens is 581 g/mol. The number of ether oxygens (including phenoxy) is 1. The zero-order chi connectivity index (χ0) is 35.2. The summed E-state index contributed by atoms with van der Waals surface area (Å²) in [6.07, 6.45) is 58.9. The van der Waals surface area contributed by atoms with Crippen LogP contribution in [0, 0.1) is 17.3 Å². The fraction of sp³-hybridized carbons (Fsp3) is 0.787. The highest BCUT2D eigenvalue weighted by atomic mass is 16.5. The van der Waals surface area contributed by atoms with Crippen LogP contribution in [0.2, 0.25) is 0 Å². The van der Waals surface area contributed by atoms with Crippen LogP contribution in [0.15, 0.2) is 60.9 Å². The summed E-state index contributed by atoms with van der Waals surface area (Å²) in [6.45, 7) is 14.8. The van der Waals surface area contributed by atoms with E-state index in [1.807, 2.05) is 6.26 Å². The van der Waals surface area contributed by atoms with Gasteiger partial charge in [-0.05, 0) is 107 Å². The van der Waals surface area contributed by atoms with Crippen molar-refractivity contribution in [3.05, 3.63) is 60.9 Å². The molecule has 0 aliphatic rings. The molecule has 0 saturated heterocycles. The third-order valence-electron chi connectivity index (χ3n) is 10.6. The lowest BCUT2D eigenvalue weighted by molar-refractivity contribution is 0.170. The summed E-state index contributed by atoms with van der Waals surface area (Å²) in [5.74, 6) is 1.34. The maximum Gasteiger partial charge on any atom is 0.0901 e. The molecule has 1 unspecified atom stereocenters. The molecule has 0 fully saturated rings. The van der Waals surface area contributed by atoms with Gasteiger partial charge < -0.3 is 4.74 Å².